The van der Waals surface area contributed by atoms with Crippen LogP contribution in [-0.4, -0.2) is 12.1 Å². The first-order chi connectivity index (χ1) is 7.79. The third-order valence-corrected chi connectivity index (χ3v) is 2.19. The molecule has 1 aromatic carbocycles. The quantitative estimate of drug-likeness (QED) is 0.825. The zero-order valence-electron chi connectivity index (χ0n) is 8.97. The number of nitrogen functional groups attached to an aromatic ring is 1. The fourth-order valence-corrected chi connectivity index (χ4v) is 1.38. The van der Waals surface area contributed by atoms with E-state index >= 15 is 0 Å². The molecule has 0 fully saturated rings. The summed E-state index contributed by atoms with van der Waals surface area (Å²) in [7, 11) is 1.64. The van der Waals surface area contributed by atoms with Crippen molar-refractivity contribution in [3.05, 3.63) is 42.6 Å². The summed E-state index contributed by atoms with van der Waals surface area (Å²) in [6, 6.07) is 11.3. The van der Waals surface area contributed by atoms with Crippen LogP contribution in [0.15, 0.2) is 42.6 Å². The predicted octanol–water partition coefficient (Wildman–Crippen LogP) is 2.42. The molecule has 0 aliphatic rings. The van der Waals surface area contributed by atoms with Crippen LogP contribution in [0.5, 0.6) is 5.75 Å². The Balaban J connectivity index is 2.24. The second kappa shape index (κ2) is 4.53. The summed E-state index contributed by atoms with van der Waals surface area (Å²) in [4.78, 5) is 4.00. The Labute approximate surface area is 94.1 Å². The minimum atomic E-state index is 0.477. The summed E-state index contributed by atoms with van der Waals surface area (Å²) in [5.41, 5.74) is 7.44. The molecule has 0 aliphatic heterocycles. The molecule has 2 aromatic rings. The van der Waals surface area contributed by atoms with Crippen LogP contribution in [0.1, 0.15) is 0 Å². The topological polar surface area (TPSA) is 60.2 Å². The summed E-state index contributed by atoms with van der Waals surface area (Å²) >= 11 is 0. The largest absolute Gasteiger partial charge is 0.497 e. The maximum atomic E-state index is 5.73. The molecule has 0 unspecified atom stereocenters. The number of anilines is 3. The molecule has 0 saturated heterocycles. The van der Waals surface area contributed by atoms with Gasteiger partial charge in [0.05, 0.1) is 12.8 Å². The molecule has 0 aliphatic carbocycles. The lowest BCUT2D eigenvalue weighted by atomic mass is 10.3. The Morgan fingerprint density at radius 3 is 2.88 bits per heavy atom. The molecule has 1 aromatic heterocycles. The number of nitrogens with zero attached hydrogens (tertiary/aromatic N) is 1. The van der Waals surface area contributed by atoms with Gasteiger partial charge >= 0.3 is 0 Å². The Bertz CT molecular complexity index is 485. The molecule has 0 atom stereocenters. The predicted molar refractivity (Wildman–Crippen MR) is 64.9 cm³/mol. The summed E-state index contributed by atoms with van der Waals surface area (Å²) in [6.45, 7) is 0. The van der Waals surface area contributed by atoms with Crippen molar-refractivity contribution >= 4 is 17.2 Å². The first kappa shape index (κ1) is 10.3. The highest BCUT2D eigenvalue weighted by Gasteiger charge is 2.00. The van der Waals surface area contributed by atoms with E-state index in [1.54, 1.807) is 13.3 Å². The molecule has 16 heavy (non-hydrogen) atoms. The average molecular weight is 215 g/mol. The van der Waals surface area contributed by atoms with Crippen LogP contribution < -0.4 is 15.8 Å². The maximum absolute atomic E-state index is 5.73. The fourth-order valence-electron chi connectivity index (χ4n) is 1.38. The van der Waals surface area contributed by atoms with E-state index in [2.05, 4.69) is 10.3 Å². The summed E-state index contributed by atoms with van der Waals surface area (Å²) < 4.78 is 5.14. The lowest BCUT2D eigenvalue weighted by Crippen LogP contribution is -1.98. The maximum Gasteiger partial charge on any atom is 0.147 e. The number of hydrogen-bond donors (Lipinski definition) is 2. The van der Waals surface area contributed by atoms with Crippen molar-refractivity contribution in [1.29, 1.82) is 0 Å². The van der Waals surface area contributed by atoms with E-state index in [1.807, 2.05) is 36.4 Å². The average Bonchev–Trinajstić information content (AvgIpc) is 2.32. The molecule has 4 nitrogen and oxygen atoms in total. The number of rotatable bonds is 3. The van der Waals surface area contributed by atoms with Gasteiger partial charge < -0.3 is 15.8 Å². The Morgan fingerprint density at radius 2 is 2.12 bits per heavy atom. The number of aromatic nitrogens is 1. The van der Waals surface area contributed by atoms with Crippen molar-refractivity contribution in [2.75, 3.05) is 18.2 Å². The highest BCUT2D eigenvalue weighted by molar-refractivity contribution is 5.69. The third kappa shape index (κ3) is 2.23. The van der Waals surface area contributed by atoms with E-state index in [0.717, 1.165) is 17.1 Å². The van der Waals surface area contributed by atoms with Crippen molar-refractivity contribution in [2.24, 2.45) is 0 Å². The molecule has 3 N–H and O–H groups in total. The highest BCUT2D eigenvalue weighted by Crippen LogP contribution is 2.23. The van der Waals surface area contributed by atoms with Crippen LogP contribution >= 0.6 is 0 Å². The van der Waals surface area contributed by atoms with Gasteiger partial charge in [-0.05, 0) is 24.3 Å². The second-order valence-electron chi connectivity index (χ2n) is 3.29. The molecular formula is C12H13N3O. The molecule has 2 rings (SSSR count). The number of nitrogens with two attached hydrogens (primary N) is 1. The second-order valence-corrected chi connectivity index (χ2v) is 3.29. The van der Waals surface area contributed by atoms with E-state index in [1.165, 1.54) is 0 Å². The molecule has 82 valence electrons. The van der Waals surface area contributed by atoms with Crippen molar-refractivity contribution in [3.63, 3.8) is 0 Å². The van der Waals surface area contributed by atoms with Crippen LogP contribution in [-0.2, 0) is 0 Å². The zero-order valence-corrected chi connectivity index (χ0v) is 8.97. The van der Waals surface area contributed by atoms with E-state index in [0.29, 0.717) is 5.82 Å². The van der Waals surface area contributed by atoms with Crippen molar-refractivity contribution in [1.82, 2.24) is 4.98 Å². The lowest BCUT2D eigenvalue weighted by molar-refractivity contribution is 0.415. The molecule has 0 saturated carbocycles. The molecular weight excluding hydrogens is 202 g/mol. The van der Waals surface area contributed by atoms with Crippen molar-refractivity contribution in [3.8, 4) is 5.75 Å². The molecule has 1 heterocycles. The van der Waals surface area contributed by atoms with Gasteiger partial charge in [-0.1, -0.05) is 6.07 Å². The van der Waals surface area contributed by atoms with Crippen LogP contribution in [0, 0.1) is 0 Å². The Morgan fingerprint density at radius 1 is 1.25 bits per heavy atom. The lowest BCUT2D eigenvalue weighted by Gasteiger charge is -2.09. The van der Waals surface area contributed by atoms with Crippen LogP contribution in [0.25, 0.3) is 0 Å². The fraction of sp³-hybridized carbons (Fsp3) is 0.0833. The highest BCUT2D eigenvalue weighted by atomic mass is 16.5. The van der Waals surface area contributed by atoms with Gasteiger partial charge in [0.2, 0.25) is 0 Å². The van der Waals surface area contributed by atoms with E-state index in [9.17, 15) is 0 Å². The van der Waals surface area contributed by atoms with Gasteiger partial charge in [-0.2, -0.15) is 0 Å². The SMILES string of the molecule is COc1cccc(Nc2cccnc2N)c1. The zero-order chi connectivity index (χ0) is 11.4. The Hall–Kier alpha value is -2.23. The minimum absolute atomic E-state index is 0.477. The van der Waals surface area contributed by atoms with E-state index < -0.39 is 0 Å². The monoisotopic (exact) mass is 215 g/mol. The van der Waals surface area contributed by atoms with Gasteiger partial charge in [-0.25, -0.2) is 4.98 Å². The number of hydrogen-bond acceptors (Lipinski definition) is 4. The summed E-state index contributed by atoms with van der Waals surface area (Å²) in [6.07, 6.45) is 1.66. The smallest absolute Gasteiger partial charge is 0.147 e. The third-order valence-electron chi connectivity index (χ3n) is 2.19. The van der Waals surface area contributed by atoms with E-state index in [-0.39, 0.29) is 0 Å². The van der Waals surface area contributed by atoms with Gasteiger partial charge in [0.1, 0.15) is 11.6 Å². The number of methoxy groups -OCH3 is 1. The minimum Gasteiger partial charge on any atom is -0.497 e. The van der Waals surface area contributed by atoms with Gasteiger partial charge in [-0.15, -0.1) is 0 Å². The number of nitrogens with one attached hydrogen (secondary N) is 1. The van der Waals surface area contributed by atoms with Gasteiger partial charge in [0.15, 0.2) is 0 Å². The van der Waals surface area contributed by atoms with Crippen LogP contribution in [0.3, 0.4) is 0 Å². The normalized spacial score (nSPS) is 9.81. The summed E-state index contributed by atoms with van der Waals surface area (Å²) in [5, 5.41) is 3.18. The first-order valence-corrected chi connectivity index (χ1v) is 4.91. The molecule has 4 heteroatoms. The molecule has 0 radical (unpaired) electrons. The van der Waals surface area contributed by atoms with Crippen molar-refractivity contribution < 1.29 is 4.74 Å². The molecule has 0 amide bonds. The standard InChI is InChI=1S/C12H13N3O/c1-16-10-5-2-4-9(8-10)15-11-6-3-7-14-12(11)13/h2-8,15H,1H3,(H2,13,14). The van der Waals surface area contributed by atoms with Crippen LogP contribution in [0.4, 0.5) is 17.2 Å². The van der Waals surface area contributed by atoms with Gasteiger partial charge in [0.25, 0.3) is 0 Å². The molecule has 0 bridgehead atoms. The number of ether oxygens (including phenoxy) is 1. The Kier molecular flexibility index (Phi) is 2.91. The van der Waals surface area contributed by atoms with Gasteiger partial charge in [-0.3, -0.25) is 0 Å². The summed E-state index contributed by atoms with van der Waals surface area (Å²) in [5.74, 6) is 1.28. The number of benzene rings is 1. The number of pyridine rings is 1. The van der Waals surface area contributed by atoms with Gasteiger partial charge in [0, 0.05) is 18.0 Å². The van der Waals surface area contributed by atoms with Crippen molar-refractivity contribution in [2.45, 2.75) is 0 Å². The molecule has 0 spiro atoms. The van der Waals surface area contributed by atoms with Crippen LogP contribution in [0.2, 0.25) is 0 Å². The van der Waals surface area contributed by atoms with E-state index in [4.69, 9.17) is 10.5 Å². The first-order valence-electron chi connectivity index (χ1n) is 4.91.